The number of amides is 1. The minimum Gasteiger partial charge on any atom is -0.380 e. The van der Waals surface area contributed by atoms with Crippen LogP contribution in [0.3, 0.4) is 0 Å². The van der Waals surface area contributed by atoms with Gasteiger partial charge in [-0.25, -0.2) is 0 Å². The first kappa shape index (κ1) is 13.1. The van der Waals surface area contributed by atoms with E-state index >= 15 is 0 Å². The summed E-state index contributed by atoms with van der Waals surface area (Å²) in [7, 11) is 0. The number of carbonyl (C=O) groups excluding carboxylic acids is 1. The molecule has 0 saturated carbocycles. The maximum Gasteiger partial charge on any atom is 0.253 e. The Bertz CT molecular complexity index is 419. The molecule has 0 unspecified atom stereocenters. The number of hydrogen-bond acceptors (Lipinski definition) is 3. The molecule has 1 aliphatic heterocycles. The third-order valence-electron chi connectivity index (χ3n) is 3.40. The van der Waals surface area contributed by atoms with Crippen LogP contribution in [0.4, 0.5) is 0 Å². The third kappa shape index (κ3) is 2.26. The smallest absolute Gasteiger partial charge is 0.253 e. The highest BCUT2D eigenvalue weighted by molar-refractivity contribution is 5.94. The van der Waals surface area contributed by atoms with E-state index in [0.29, 0.717) is 31.9 Å². The van der Waals surface area contributed by atoms with Crippen molar-refractivity contribution < 1.29 is 14.6 Å². The quantitative estimate of drug-likeness (QED) is 0.877. The molecule has 0 atom stereocenters. The van der Waals surface area contributed by atoms with Crippen LogP contribution in [0.2, 0.25) is 0 Å². The average molecular weight is 249 g/mol. The second-order valence-electron chi connectivity index (χ2n) is 4.58. The Labute approximate surface area is 107 Å². The zero-order chi connectivity index (χ0) is 13.2. The van der Waals surface area contributed by atoms with Gasteiger partial charge in [-0.05, 0) is 31.5 Å². The van der Waals surface area contributed by atoms with Crippen LogP contribution in [0.25, 0.3) is 0 Å². The molecule has 2 rings (SSSR count). The predicted molar refractivity (Wildman–Crippen MR) is 68.4 cm³/mol. The average Bonchev–Trinajstić information content (AvgIpc) is 2.37. The molecule has 98 valence electrons. The van der Waals surface area contributed by atoms with Gasteiger partial charge in [-0.2, -0.15) is 0 Å². The van der Waals surface area contributed by atoms with Gasteiger partial charge in [-0.15, -0.1) is 0 Å². The van der Waals surface area contributed by atoms with Gasteiger partial charge >= 0.3 is 0 Å². The molecule has 1 fully saturated rings. The fourth-order valence-corrected chi connectivity index (χ4v) is 2.08. The van der Waals surface area contributed by atoms with Crippen LogP contribution in [0.5, 0.6) is 0 Å². The van der Waals surface area contributed by atoms with Gasteiger partial charge in [0.15, 0.2) is 0 Å². The van der Waals surface area contributed by atoms with Crippen LogP contribution in [-0.4, -0.2) is 42.2 Å². The number of benzene rings is 1. The van der Waals surface area contributed by atoms with Gasteiger partial charge in [0.25, 0.3) is 5.91 Å². The van der Waals surface area contributed by atoms with Crippen molar-refractivity contribution in [1.82, 2.24) is 4.90 Å². The Morgan fingerprint density at radius 3 is 2.22 bits per heavy atom. The number of hydrogen-bond donors (Lipinski definition) is 1. The first-order chi connectivity index (χ1) is 8.60. The van der Waals surface area contributed by atoms with E-state index in [1.807, 2.05) is 13.8 Å². The van der Waals surface area contributed by atoms with Crippen LogP contribution < -0.4 is 0 Å². The van der Waals surface area contributed by atoms with E-state index in [1.54, 1.807) is 29.2 Å². The molecule has 0 radical (unpaired) electrons. The van der Waals surface area contributed by atoms with Gasteiger partial charge in [-0.1, -0.05) is 12.1 Å². The molecule has 0 aliphatic carbocycles. The highest BCUT2D eigenvalue weighted by atomic mass is 16.5. The van der Waals surface area contributed by atoms with Gasteiger partial charge in [0.05, 0.1) is 13.2 Å². The van der Waals surface area contributed by atoms with E-state index in [1.165, 1.54) is 0 Å². The van der Waals surface area contributed by atoms with Gasteiger partial charge in [0, 0.05) is 18.7 Å². The van der Waals surface area contributed by atoms with Gasteiger partial charge in [-0.3, -0.25) is 4.79 Å². The summed E-state index contributed by atoms with van der Waals surface area (Å²) in [5.74, 6) is 0.0309. The SMILES string of the molecule is CCN(CC)C(=O)c1ccc(C2(O)COC2)cc1. The second-order valence-corrected chi connectivity index (χ2v) is 4.58. The summed E-state index contributed by atoms with van der Waals surface area (Å²) in [5, 5.41) is 10.1. The number of aliphatic hydroxyl groups is 1. The Kier molecular flexibility index (Phi) is 3.68. The van der Waals surface area contributed by atoms with E-state index in [4.69, 9.17) is 4.74 Å². The van der Waals surface area contributed by atoms with Crippen LogP contribution in [0.15, 0.2) is 24.3 Å². The molecule has 1 aliphatic rings. The molecule has 0 aromatic heterocycles. The van der Waals surface area contributed by atoms with Gasteiger partial charge < -0.3 is 14.7 Å². The van der Waals surface area contributed by atoms with E-state index in [-0.39, 0.29) is 5.91 Å². The molecular formula is C14H19NO3. The van der Waals surface area contributed by atoms with Crippen molar-refractivity contribution in [3.05, 3.63) is 35.4 Å². The van der Waals surface area contributed by atoms with Crippen molar-refractivity contribution in [2.75, 3.05) is 26.3 Å². The summed E-state index contributed by atoms with van der Waals surface area (Å²) in [6.07, 6.45) is 0. The second kappa shape index (κ2) is 5.08. The molecule has 0 bridgehead atoms. The number of rotatable bonds is 4. The number of nitrogens with zero attached hydrogens (tertiary/aromatic N) is 1. The van der Waals surface area contributed by atoms with Gasteiger partial charge in [0.1, 0.15) is 5.60 Å². The lowest BCUT2D eigenvalue weighted by molar-refractivity contribution is -0.184. The molecule has 1 amide bonds. The Hall–Kier alpha value is -1.39. The Balaban J connectivity index is 2.14. The molecule has 1 saturated heterocycles. The van der Waals surface area contributed by atoms with Crippen molar-refractivity contribution in [2.24, 2.45) is 0 Å². The molecule has 0 spiro atoms. The van der Waals surface area contributed by atoms with Crippen LogP contribution in [0, 0.1) is 0 Å². The van der Waals surface area contributed by atoms with E-state index in [9.17, 15) is 9.90 Å². The highest BCUT2D eigenvalue weighted by Gasteiger charge is 2.37. The summed E-state index contributed by atoms with van der Waals surface area (Å²) in [6.45, 7) is 5.99. The van der Waals surface area contributed by atoms with Crippen molar-refractivity contribution >= 4 is 5.91 Å². The van der Waals surface area contributed by atoms with Crippen molar-refractivity contribution in [2.45, 2.75) is 19.4 Å². The van der Waals surface area contributed by atoms with Crippen LogP contribution >= 0.6 is 0 Å². The molecule has 18 heavy (non-hydrogen) atoms. The van der Waals surface area contributed by atoms with E-state index in [0.717, 1.165) is 5.56 Å². The topological polar surface area (TPSA) is 49.8 Å². The minimum atomic E-state index is -0.864. The normalized spacial score (nSPS) is 17.1. The maximum absolute atomic E-state index is 12.1. The first-order valence-electron chi connectivity index (χ1n) is 6.30. The zero-order valence-corrected chi connectivity index (χ0v) is 10.8. The lowest BCUT2D eigenvalue weighted by Crippen LogP contribution is -2.46. The lowest BCUT2D eigenvalue weighted by Gasteiger charge is -2.36. The standard InChI is InChI=1S/C14H19NO3/c1-3-15(4-2)13(16)11-5-7-12(8-6-11)14(17)9-18-10-14/h5-8,17H,3-4,9-10H2,1-2H3. The largest absolute Gasteiger partial charge is 0.380 e. The summed E-state index contributed by atoms with van der Waals surface area (Å²) < 4.78 is 5.02. The Morgan fingerprint density at radius 2 is 1.83 bits per heavy atom. The van der Waals surface area contributed by atoms with Crippen molar-refractivity contribution in [1.29, 1.82) is 0 Å². The molecule has 4 nitrogen and oxygen atoms in total. The molecular weight excluding hydrogens is 230 g/mol. The molecule has 4 heteroatoms. The molecule has 1 aromatic rings. The van der Waals surface area contributed by atoms with E-state index < -0.39 is 5.60 Å². The summed E-state index contributed by atoms with van der Waals surface area (Å²) in [4.78, 5) is 13.9. The van der Waals surface area contributed by atoms with Gasteiger partial charge in [0.2, 0.25) is 0 Å². The number of carbonyl (C=O) groups is 1. The summed E-state index contributed by atoms with van der Waals surface area (Å²) in [5.41, 5.74) is 0.604. The van der Waals surface area contributed by atoms with Crippen molar-refractivity contribution in [3.63, 3.8) is 0 Å². The fourth-order valence-electron chi connectivity index (χ4n) is 2.08. The van der Waals surface area contributed by atoms with E-state index in [2.05, 4.69) is 0 Å². The predicted octanol–water partition coefficient (Wildman–Crippen LogP) is 1.39. The monoisotopic (exact) mass is 249 g/mol. The van der Waals surface area contributed by atoms with Crippen LogP contribution in [-0.2, 0) is 10.3 Å². The first-order valence-corrected chi connectivity index (χ1v) is 6.30. The zero-order valence-electron chi connectivity index (χ0n) is 10.8. The number of ether oxygens (including phenoxy) is 1. The molecule has 1 N–H and O–H groups in total. The van der Waals surface area contributed by atoms with Crippen molar-refractivity contribution in [3.8, 4) is 0 Å². The lowest BCUT2D eigenvalue weighted by atomic mass is 9.91. The highest BCUT2D eigenvalue weighted by Crippen LogP contribution is 2.29. The molecule has 1 aromatic carbocycles. The fraction of sp³-hybridized carbons (Fsp3) is 0.500. The Morgan fingerprint density at radius 1 is 1.28 bits per heavy atom. The third-order valence-corrected chi connectivity index (χ3v) is 3.40. The molecule has 1 heterocycles. The maximum atomic E-state index is 12.1. The summed E-state index contributed by atoms with van der Waals surface area (Å²) in [6, 6.07) is 7.15. The summed E-state index contributed by atoms with van der Waals surface area (Å²) >= 11 is 0. The van der Waals surface area contributed by atoms with Crippen LogP contribution in [0.1, 0.15) is 29.8 Å². The minimum absolute atomic E-state index is 0.0309.